The minimum absolute atomic E-state index is 0.722. The molecule has 1 aliphatic carbocycles. The van der Waals surface area contributed by atoms with Gasteiger partial charge in [0.25, 0.3) is 0 Å². The molecule has 13 heavy (non-hydrogen) atoms. The van der Waals surface area contributed by atoms with Crippen molar-refractivity contribution in [1.29, 1.82) is 5.41 Å². The van der Waals surface area contributed by atoms with E-state index in [2.05, 4.69) is 4.90 Å². The summed E-state index contributed by atoms with van der Waals surface area (Å²) in [5.74, 6) is 1.69. The summed E-state index contributed by atoms with van der Waals surface area (Å²) in [4.78, 5) is 2.33. The molecule has 0 aromatic heterocycles. The van der Waals surface area contributed by atoms with Gasteiger partial charge in [0.2, 0.25) is 0 Å². The van der Waals surface area contributed by atoms with E-state index in [0.717, 1.165) is 24.3 Å². The third-order valence-electron chi connectivity index (χ3n) is 3.67. The number of hydrogen-bond donors (Lipinski definition) is 1. The molecule has 1 atom stereocenters. The van der Waals surface area contributed by atoms with Gasteiger partial charge in [0.15, 0.2) is 0 Å². The second kappa shape index (κ2) is 3.69. The summed E-state index contributed by atoms with van der Waals surface area (Å²) in [6, 6.07) is 0.722. The molecular weight excluding hydrogens is 160 g/mol. The molecule has 0 bridgehead atoms. The highest BCUT2D eigenvalue weighted by atomic mass is 15.2. The average molecular weight is 180 g/mol. The van der Waals surface area contributed by atoms with Crippen molar-refractivity contribution in [2.45, 2.75) is 51.5 Å². The molecule has 0 aromatic carbocycles. The number of hydrogen-bond acceptors (Lipinski definition) is 1. The Morgan fingerprint density at radius 2 is 1.85 bits per heavy atom. The van der Waals surface area contributed by atoms with Crippen molar-refractivity contribution in [2.75, 3.05) is 6.54 Å². The zero-order valence-corrected chi connectivity index (χ0v) is 8.55. The van der Waals surface area contributed by atoms with Crippen molar-refractivity contribution in [3.63, 3.8) is 0 Å². The smallest absolute Gasteiger partial charge is 0.0928 e. The van der Waals surface area contributed by atoms with Gasteiger partial charge < -0.3 is 4.90 Å². The van der Waals surface area contributed by atoms with E-state index in [1.807, 2.05) is 6.92 Å². The topological polar surface area (TPSA) is 27.1 Å². The van der Waals surface area contributed by atoms with Crippen molar-refractivity contribution in [3.05, 3.63) is 0 Å². The second-order valence-corrected chi connectivity index (χ2v) is 4.53. The van der Waals surface area contributed by atoms with Crippen LogP contribution in [0.3, 0.4) is 0 Å². The first kappa shape index (κ1) is 9.04. The first-order valence-electron chi connectivity index (χ1n) is 5.61. The Kier molecular flexibility index (Phi) is 2.56. The quantitative estimate of drug-likeness (QED) is 0.487. The first-order valence-corrected chi connectivity index (χ1v) is 5.61. The zero-order valence-electron chi connectivity index (χ0n) is 8.55. The van der Waals surface area contributed by atoms with Crippen LogP contribution in [0.4, 0.5) is 0 Å². The monoisotopic (exact) mass is 180 g/mol. The zero-order chi connectivity index (χ0) is 9.26. The van der Waals surface area contributed by atoms with Crippen LogP contribution in [0, 0.1) is 11.3 Å². The Labute approximate surface area is 80.8 Å². The number of amidine groups is 1. The van der Waals surface area contributed by atoms with Crippen LogP contribution in [0.5, 0.6) is 0 Å². The summed E-state index contributed by atoms with van der Waals surface area (Å²) in [5, 5.41) is 7.71. The lowest BCUT2D eigenvalue weighted by molar-refractivity contribution is 0.278. The molecule has 1 saturated heterocycles. The fourth-order valence-electron chi connectivity index (χ4n) is 3.04. The minimum atomic E-state index is 0.722. The number of likely N-dealkylation sites (tertiary alicyclic amines) is 1. The van der Waals surface area contributed by atoms with E-state index in [4.69, 9.17) is 5.41 Å². The Balaban J connectivity index is 2.00. The van der Waals surface area contributed by atoms with Gasteiger partial charge in [-0.1, -0.05) is 12.8 Å². The highest BCUT2D eigenvalue weighted by Crippen LogP contribution is 2.35. The normalized spacial score (nSPS) is 29.9. The predicted octanol–water partition coefficient (Wildman–Crippen LogP) is 2.64. The van der Waals surface area contributed by atoms with E-state index in [1.165, 1.54) is 38.5 Å². The maximum atomic E-state index is 7.71. The molecule has 1 saturated carbocycles. The summed E-state index contributed by atoms with van der Waals surface area (Å²) in [7, 11) is 0. The van der Waals surface area contributed by atoms with Crippen molar-refractivity contribution in [2.24, 2.45) is 5.92 Å². The Morgan fingerprint density at radius 1 is 1.15 bits per heavy atom. The molecular formula is C11H20N2. The molecule has 74 valence electrons. The van der Waals surface area contributed by atoms with Crippen molar-refractivity contribution in [1.82, 2.24) is 4.90 Å². The maximum Gasteiger partial charge on any atom is 0.0928 e. The SMILES string of the molecule is CC(=N)N1CCCC1C1CCCC1. The minimum Gasteiger partial charge on any atom is -0.358 e. The lowest BCUT2D eigenvalue weighted by Gasteiger charge is -2.30. The fraction of sp³-hybridized carbons (Fsp3) is 0.909. The summed E-state index contributed by atoms with van der Waals surface area (Å²) in [5.41, 5.74) is 0. The van der Waals surface area contributed by atoms with Gasteiger partial charge in [0.05, 0.1) is 5.84 Å². The Hall–Kier alpha value is -0.530. The fourth-order valence-corrected chi connectivity index (χ4v) is 3.04. The molecule has 0 aromatic rings. The maximum absolute atomic E-state index is 7.71. The largest absolute Gasteiger partial charge is 0.358 e. The molecule has 0 radical (unpaired) electrons. The molecule has 0 spiro atoms. The van der Waals surface area contributed by atoms with Gasteiger partial charge in [-0.25, -0.2) is 0 Å². The van der Waals surface area contributed by atoms with Crippen molar-refractivity contribution in [3.8, 4) is 0 Å². The van der Waals surface area contributed by atoms with Gasteiger partial charge >= 0.3 is 0 Å². The van der Waals surface area contributed by atoms with Gasteiger partial charge in [0, 0.05) is 12.6 Å². The van der Waals surface area contributed by atoms with E-state index in [-0.39, 0.29) is 0 Å². The van der Waals surface area contributed by atoms with E-state index in [1.54, 1.807) is 0 Å². The van der Waals surface area contributed by atoms with Gasteiger partial charge in [-0.15, -0.1) is 0 Å². The summed E-state index contributed by atoms with van der Waals surface area (Å²) in [6.45, 7) is 3.07. The van der Waals surface area contributed by atoms with Gasteiger partial charge in [0.1, 0.15) is 0 Å². The molecule has 2 nitrogen and oxygen atoms in total. The Morgan fingerprint density at radius 3 is 2.46 bits per heavy atom. The van der Waals surface area contributed by atoms with E-state index < -0.39 is 0 Å². The summed E-state index contributed by atoms with van der Waals surface area (Å²) in [6.07, 6.45) is 8.30. The number of nitrogens with zero attached hydrogens (tertiary/aromatic N) is 1. The molecule has 1 N–H and O–H groups in total. The van der Waals surface area contributed by atoms with Crippen LogP contribution in [-0.4, -0.2) is 23.3 Å². The molecule has 0 amide bonds. The van der Waals surface area contributed by atoms with E-state index >= 15 is 0 Å². The van der Waals surface area contributed by atoms with E-state index in [9.17, 15) is 0 Å². The molecule has 2 fully saturated rings. The van der Waals surface area contributed by atoms with Gasteiger partial charge in [-0.3, -0.25) is 5.41 Å². The third kappa shape index (κ3) is 1.72. The standard InChI is InChI=1S/C11H20N2/c1-9(12)13-8-4-7-11(13)10-5-2-3-6-10/h10-12H,2-8H2,1H3. The van der Waals surface area contributed by atoms with E-state index in [0.29, 0.717) is 0 Å². The van der Waals surface area contributed by atoms with Crippen LogP contribution in [0.1, 0.15) is 45.4 Å². The lowest BCUT2D eigenvalue weighted by Crippen LogP contribution is -2.37. The number of rotatable bonds is 1. The van der Waals surface area contributed by atoms with Crippen LogP contribution in [-0.2, 0) is 0 Å². The summed E-state index contributed by atoms with van der Waals surface area (Å²) < 4.78 is 0. The third-order valence-corrected chi connectivity index (χ3v) is 3.67. The molecule has 2 aliphatic rings. The van der Waals surface area contributed by atoms with Crippen LogP contribution in [0.2, 0.25) is 0 Å². The van der Waals surface area contributed by atoms with Crippen LogP contribution in [0.15, 0.2) is 0 Å². The number of nitrogens with one attached hydrogen (secondary N) is 1. The van der Waals surface area contributed by atoms with Crippen molar-refractivity contribution >= 4 is 5.84 Å². The molecule has 1 aliphatic heterocycles. The lowest BCUT2D eigenvalue weighted by atomic mass is 9.96. The molecule has 2 heteroatoms. The summed E-state index contributed by atoms with van der Waals surface area (Å²) >= 11 is 0. The molecule has 1 unspecified atom stereocenters. The van der Waals surface area contributed by atoms with Crippen LogP contribution in [0.25, 0.3) is 0 Å². The molecule has 2 rings (SSSR count). The van der Waals surface area contributed by atoms with Crippen molar-refractivity contribution < 1.29 is 0 Å². The van der Waals surface area contributed by atoms with Crippen LogP contribution >= 0.6 is 0 Å². The van der Waals surface area contributed by atoms with Gasteiger partial charge in [-0.05, 0) is 38.5 Å². The highest BCUT2D eigenvalue weighted by molar-refractivity contribution is 5.76. The molecule has 1 heterocycles. The second-order valence-electron chi connectivity index (χ2n) is 4.53. The highest BCUT2D eigenvalue weighted by Gasteiger charge is 2.33. The predicted molar refractivity (Wildman–Crippen MR) is 55.1 cm³/mol. The Bertz CT molecular complexity index is 194. The average Bonchev–Trinajstić information content (AvgIpc) is 2.74. The van der Waals surface area contributed by atoms with Crippen LogP contribution < -0.4 is 0 Å². The first-order chi connectivity index (χ1) is 6.29. The van der Waals surface area contributed by atoms with Gasteiger partial charge in [-0.2, -0.15) is 0 Å².